The number of aromatic nitrogens is 1. The van der Waals surface area contributed by atoms with Crippen molar-refractivity contribution in [2.75, 3.05) is 6.26 Å². The molecule has 3 rings (SSSR count). The van der Waals surface area contributed by atoms with Crippen LogP contribution in [-0.4, -0.2) is 25.6 Å². The molecule has 0 radical (unpaired) electrons. The normalized spacial score (nSPS) is 12.5. The van der Waals surface area contributed by atoms with Crippen molar-refractivity contribution in [2.45, 2.75) is 30.7 Å². The Morgan fingerprint density at radius 3 is 2.37 bits per heavy atom. The van der Waals surface area contributed by atoms with Gasteiger partial charge >= 0.3 is 0 Å². The lowest BCUT2D eigenvalue weighted by atomic mass is 10.1. The van der Waals surface area contributed by atoms with Gasteiger partial charge < -0.3 is 9.73 Å². The van der Waals surface area contributed by atoms with Crippen LogP contribution in [0.3, 0.4) is 0 Å². The van der Waals surface area contributed by atoms with Gasteiger partial charge in [-0.25, -0.2) is 22.2 Å². The molecule has 1 aromatic heterocycles. The van der Waals surface area contributed by atoms with Crippen LogP contribution in [0.4, 0.5) is 8.78 Å². The van der Waals surface area contributed by atoms with Crippen LogP contribution < -0.4 is 5.32 Å². The molecule has 0 unspecified atom stereocenters. The molecule has 0 spiro atoms. The Bertz CT molecular complexity index is 1140. The van der Waals surface area contributed by atoms with E-state index in [1.807, 2.05) is 0 Å². The van der Waals surface area contributed by atoms with Crippen LogP contribution in [0.25, 0.3) is 11.3 Å². The number of sulfone groups is 1. The molecule has 0 bridgehead atoms. The summed E-state index contributed by atoms with van der Waals surface area (Å²) in [5.41, 5.74) is 0.455. The van der Waals surface area contributed by atoms with E-state index >= 15 is 0 Å². The average Bonchev–Trinajstić information content (AvgIpc) is 3.14. The molecule has 2 aromatic carbocycles. The number of rotatable bonds is 7. The molecule has 0 aliphatic rings. The number of halogens is 2. The molecular weight excluding hydrogens is 414 g/mol. The molecule has 0 aliphatic carbocycles. The first kappa shape index (κ1) is 21.6. The fourth-order valence-corrected chi connectivity index (χ4v) is 3.53. The minimum Gasteiger partial charge on any atom is -0.441 e. The molecule has 9 heteroatoms. The van der Waals surface area contributed by atoms with Crippen LogP contribution in [0.1, 0.15) is 30.8 Å². The SMILES string of the molecule is C[C@@H](NC(=O)CCc1ncc(-c2c(F)cccc2F)o1)c1ccc(S(C)(=O)=O)cc1. The van der Waals surface area contributed by atoms with Gasteiger partial charge in [-0.3, -0.25) is 4.79 Å². The maximum Gasteiger partial charge on any atom is 0.220 e. The van der Waals surface area contributed by atoms with Gasteiger partial charge in [0.1, 0.15) is 11.6 Å². The Morgan fingerprint density at radius 1 is 1.13 bits per heavy atom. The third kappa shape index (κ3) is 5.10. The van der Waals surface area contributed by atoms with E-state index in [0.717, 1.165) is 24.0 Å². The molecule has 30 heavy (non-hydrogen) atoms. The highest BCUT2D eigenvalue weighted by Gasteiger charge is 2.17. The highest BCUT2D eigenvalue weighted by molar-refractivity contribution is 7.90. The summed E-state index contributed by atoms with van der Waals surface area (Å²) in [7, 11) is -3.28. The van der Waals surface area contributed by atoms with Gasteiger partial charge in [0.2, 0.25) is 5.91 Å². The first-order valence-corrected chi connectivity index (χ1v) is 11.0. The Morgan fingerprint density at radius 2 is 1.77 bits per heavy atom. The number of aryl methyl sites for hydroxylation is 1. The first-order chi connectivity index (χ1) is 14.1. The molecule has 1 N–H and O–H groups in total. The van der Waals surface area contributed by atoms with Crippen LogP contribution in [0.5, 0.6) is 0 Å². The predicted molar refractivity (Wildman–Crippen MR) is 106 cm³/mol. The number of carbonyl (C=O) groups is 1. The smallest absolute Gasteiger partial charge is 0.220 e. The van der Waals surface area contributed by atoms with E-state index in [9.17, 15) is 22.0 Å². The first-order valence-electron chi connectivity index (χ1n) is 9.13. The van der Waals surface area contributed by atoms with Gasteiger partial charge in [-0.1, -0.05) is 18.2 Å². The number of amides is 1. The zero-order chi connectivity index (χ0) is 21.9. The molecule has 158 valence electrons. The lowest BCUT2D eigenvalue weighted by Gasteiger charge is -2.14. The van der Waals surface area contributed by atoms with Crippen molar-refractivity contribution in [1.29, 1.82) is 0 Å². The zero-order valence-corrected chi connectivity index (χ0v) is 17.2. The van der Waals surface area contributed by atoms with Crippen LogP contribution in [0.2, 0.25) is 0 Å². The van der Waals surface area contributed by atoms with Crippen molar-refractivity contribution in [3.8, 4) is 11.3 Å². The van der Waals surface area contributed by atoms with Gasteiger partial charge in [0.15, 0.2) is 21.5 Å². The quantitative estimate of drug-likeness (QED) is 0.610. The summed E-state index contributed by atoms with van der Waals surface area (Å²) < 4.78 is 56.1. The van der Waals surface area contributed by atoms with Crippen molar-refractivity contribution in [3.05, 3.63) is 71.8 Å². The Hall–Kier alpha value is -3.07. The summed E-state index contributed by atoms with van der Waals surface area (Å²) in [6.07, 6.45) is 2.57. The topological polar surface area (TPSA) is 89.3 Å². The molecule has 0 saturated carbocycles. The number of hydrogen-bond donors (Lipinski definition) is 1. The Balaban J connectivity index is 1.58. The van der Waals surface area contributed by atoms with E-state index in [0.29, 0.717) is 0 Å². The number of hydrogen-bond acceptors (Lipinski definition) is 5. The molecule has 6 nitrogen and oxygen atoms in total. The fourth-order valence-electron chi connectivity index (χ4n) is 2.90. The molecule has 1 amide bonds. The van der Waals surface area contributed by atoms with E-state index in [4.69, 9.17) is 4.42 Å². The van der Waals surface area contributed by atoms with E-state index < -0.39 is 21.5 Å². The van der Waals surface area contributed by atoms with Crippen LogP contribution in [0, 0.1) is 11.6 Å². The van der Waals surface area contributed by atoms with Crippen molar-refractivity contribution < 1.29 is 26.4 Å². The number of benzene rings is 2. The number of nitrogens with zero attached hydrogens (tertiary/aromatic N) is 1. The Kier molecular flexibility index (Phi) is 6.31. The van der Waals surface area contributed by atoms with Gasteiger partial charge in [-0.05, 0) is 36.8 Å². The van der Waals surface area contributed by atoms with Crippen LogP contribution in [0.15, 0.2) is 58.0 Å². The number of nitrogens with one attached hydrogen (secondary N) is 1. The third-order valence-electron chi connectivity index (χ3n) is 4.51. The monoisotopic (exact) mass is 434 g/mol. The second kappa shape index (κ2) is 8.74. The molecule has 0 fully saturated rings. The van der Waals surface area contributed by atoms with E-state index in [1.165, 1.54) is 24.4 Å². The Labute approximate surface area is 172 Å². The van der Waals surface area contributed by atoms with Crippen LogP contribution >= 0.6 is 0 Å². The predicted octanol–water partition coefficient (Wildman–Crippen LogP) is 3.83. The summed E-state index contributed by atoms with van der Waals surface area (Å²) in [6, 6.07) is 9.43. The van der Waals surface area contributed by atoms with Crippen molar-refractivity contribution in [2.24, 2.45) is 0 Å². The highest BCUT2D eigenvalue weighted by atomic mass is 32.2. The second-order valence-electron chi connectivity index (χ2n) is 6.85. The van der Waals surface area contributed by atoms with Gasteiger partial charge in [0.25, 0.3) is 0 Å². The van der Waals surface area contributed by atoms with Crippen molar-refractivity contribution in [1.82, 2.24) is 10.3 Å². The minimum absolute atomic E-state index is 0.0413. The molecular formula is C21H20F2N2O4S. The molecule has 1 atom stereocenters. The lowest BCUT2D eigenvalue weighted by Crippen LogP contribution is -2.26. The summed E-state index contributed by atoms with van der Waals surface area (Å²) in [6.45, 7) is 1.78. The van der Waals surface area contributed by atoms with Crippen LogP contribution in [-0.2, 0) is 21.1 Å². The van der Waals surface area contributed by atoms with E-state index in [-0.39, 0.29) is 46.9 Å². The molecule has 0 saturated heterocycles. The number of carbonyl (C=O) groups excluding carboxylic acids is 1. The second-order valence-corrected chi connectivity index (χ2v) is 8.86. The maximum absolute atomic E-state index is 13.8. The zero-order valence-electron chi connectivity index (χ0n) is 16.4. The average molecular weight is 434 g/mol. The molecule has 3 aromatic rings. The summed E-state index contributed by atoms with van der Waals surface area (Å²) >= 11 is 0. The van der Waals surface area contributed by atoms with Gasteiger partial charge in [-0.15, -0.1) is 0 Å². The maximum atomic E-state index is 13.8. The standard InChI is InChI=1S/C21H20F2N2O4S/c1-13(14-6-8-15(9-7-14)30(2,27)28)25-19(26)10-11-20-24-12-18(29-20)21-16(22)4-3-5-17(21)23/h3-9,12-13H,10-11H2,1-2H3,(H,25,26)/t13-/m1/s1. The third-order valence-corrected chi connectivity index (χ3v) is 5.64. The van der Waals surface area contributed by atoms with Gasteiger partial charge in [-0.2, -0.15) is 0 Å². The minimum atomic E-state index is -3.28. The lowest BCUT2D eigenvalue weighted by molar-refractivity contribution is -0.121. The number of oxazole rings is 1. The summed E-state index contributed by atoms with van der Waals surface area (Å²) in [5.74, 6) is -1.64. The summed E-state index contributed by atoms with van der Waals surface area (Å²) in [4.78, 5) is 16.4. The van der Waals surface area contributed by atoms with Crippen molar-refractivity contribution >= 4 is 15.7 Å². The molecule has 0 aliphatic heterocycles. The van der Waals surface area contributed by atoms with Gasteiger partial charge in [0.05, 0.1) is 22.7 Å². The van der Waals surface area contributed by atoms with E-state index in [2.05, 4.69) is 10.3 Å². The molecule has 1 heterocycles. The summed E-state index contributed by atoms with van der Waals surface area (Å²) in [5, 5.41) is 2.80. The highest BCUT2D eigenvalue weighted by Crippen LogP contribution is 2.26. The van der Waals surface area contributed by atoms with Crippen molar-refractivity contribution in [3.63, 3.8) is 0 Å². The fraction of sp³-hybridized carbons (Fsp3) is 0.238. The van der Waals surface area contributed by atoms with Gasteiger partial charge in [0, 0.05) is 19.1 Å². The van der Waals surface area contributed by atoms with E-state index in [1.54, 1.807) is 19.1 Å². The largest absolute Gasteiger partial charge is 0.441 e.